The number of aromatic nitrogens is 4. The smallest absolute Gasteiger partial charge is 0.460 e. The maximum atomic E-state index is 14.0. The Hall–Kier alpha value is -3.46. The first-order chi connectivity index (χ1) is 20.6. The van der Waals surface area contributed by atoms with Crippen molar-refractivity contribution < 1.29 is 38.1 Å². The standard InChI is InChI=1S/C27H38N7O8P/c1-5-18(6-2)13-39-26(37)17(3)33-43(38,42-22-9-7-8-12-30-22)40-14-20-23(35)24(36)27(41-20,15-29-4)21-11-10-19-25(28)31-16-32-34(19)21/h7-12,15-18,20,23-24,35-36H,5-6,13-14H2,1-4H3,(H,33,38)(H2,28,31,32)/t17-,20+,23+,24+,27-,43?/m0/s1. The molecule has 15 nitrogen and oxygen atoms in total. The van der Waals surface area contributed by atoms with Crippen LogP contribution in [0.3, 0.4) is 0 Å². The van der Waals surface area contributed by atoms with Crippen molar-refractivity contribution in [3.8, 4) is 5.88 Å². The Morgan fingerprint density at radius 3 is 2.72 bits per heavy atom. The van der Waals surface area contributed by atoms with Crippen LogP contribution >= 0.6 is 7.75 Å². The van der Waals surface area contributed by atoms with E-state index in [4.69, 9.17) is 24.3 Å². The van der Waals surface area contributed by atoms with Gasteiger partial charge in [0.05, 0.1) is 18.9 Å². The van der Waals surface area contributed by atoms with Crippen LogP contribution in [0, 0.1) is 5.92 Å². The topological polar surface area (TPSA) is 205 Å². The lowest BCUT2D eigenvalue weighted by Crippen LogP contribution is -2.43. The molecule has 3 aromatic rings. The molecule has 4 heterocycles. The Labute approximate surface area is 249 Å². The molecular formula is C27H38N7O8P. The Kier molecular flexibility index (Phi) is 10.5. The molecule has 0 amide bonds. The predicted molar refractivity (Wildman–Crippen MR) is 156 cm³/mol. The van der Waals surface area contributed by atoms with Gasteiger partial charge in [-0.2, -0.15) is 10.2 Å². The third kappa shape index (κ3) is 7.03. The fourth-order valence-electron chi connectivity index (χ4n) is 4.73. The molecule has 4 rings (SSSR count). The van der Waals surface area contributed by atoms with E-state index >= 15 is 0 Å². The van der Waals surface area contributed by atoms with Crippen LogP contribution in [-0.2, 0) is 29.0 Å². The summed E-state index contributed by atoms with van der Waals surface area (Å²) in [6.07, 6.45) is 1.41. The molecule has 6 atom stereocenters. The van der Waals surface area contributed by atoms with Gasteiger partial charge in [-0.3, -0.25) is 14.3 Å². The second-order valence-electron chi connectivity index (χ2n) is 10.1. The van der Waals surface area contributed by atoms with Crippen molar-refractivity contribution in [1.82, 2.24) is 24.7 Å². The van der Waals surface area contributed by atoms with Gasteiger partial charge < -0.3 is 29.9 Å². The summed E-state index contributed by atoms with van der Waals surface area (Å²) < 4.78 is 38.3. The minimum absolute atomic E-state index is 0.0340. The van der Waals surface area contributed by atoms with Gasteiger partial charge in [-0.25, -0.2) is 19.0 Å². The van der Waals surface area contributed by atoms with Gasteiger partial charge in [-0.1, -0.05) is 32.8 Å². The minimum atomic E-state index is -4.34. The summed E-state index contributed by atoms with van der Waals surface area (Å²) in [6, 6.07) is 6.90. The van der Waals surface area contributed by atoms with Crippen molar-refractivity contribution in [3.05, 3.63) is 48.5 Å². The van der Waals surface area contributed by atoms with E-state index in [1.165, 1.54) is 43.3 Å². The second kappa shape index (κ2) is 13.9. The highest BCUT2D eigenvalue weighted by Crippen LogP contribution is 2.46. The van der Waals surface area contributed by atoms with Crippen LogP contribution in [0.4, 0.5) is 5.82 Å². The average Bonchev–Trinajstić information content (AvgIpc) is 3.54. The molecule has 1 aliphatic heterocycles. The summed E-state index contributed by atoms with van der Waals surface area (Å²) in [4.78, 5) is 24.8. The van der Waals surface area contributed by atoms with Crippen LogP contribution < -0.4 is 15.3 Å². The number of esters is 1. The van der Waals surface area contributed by atoms with E-state index in [-0.39, 0.29) is 24.2 Å². The minimum Gasteiger partial charge on any atom is -0.464 e. The third-order valence-corrected chi connectivity index (χ3v) is 8.89. The number of nitrogen functional groups attached to an aromatic ring is 1. The molecule has 0 aromatic carbocycles. The van der Waals surface area contributed by atoms with Crippen molar-refractivity contribution in [1.29, 1.82) is 0 Å². The van der Waals surface area contributed by atoms with Crippen LogP contribution in [0.25, 0.3) is 5.52 Å². The molecule has 0 radical (unpaired) electrons. The Balaban J connectivity index is 1.56. The average molecular weight is 620 g/mol. The van der Waals surface area contributed by atoms with E-state index in [0.717, 1.165) is 12.8 Å². The summed E-state index contributed by atoms with van der Waals surface area (Å²) in [5, 5.41) is 29.1. The number of hydrogen-bond donors (Lipinski definition) is 4. The lowest BCUT2D eigenvalue weighted by molar-refractivity contribution is -0.146. The normalized spacial score (nSPS) is 24.4. The highest BCUT2D eigenvalue weighted by molar-refractivity contribution is 7.52. The van der Waals surface area contributed by atoms with Gasteiger partial charge in [0.15, 0.2) is 11.4 Å². The Morgan fingerprint density at radius 2 is 2.05 bits per heavy atom. The van der Waals surface area contributed by atoms with E-state index < -0.39 is 50.3 Å². The second-order valence-corrected chi connectivity index (χ2v) is 11.8. The van der Waals surface area contributed by atoms with Crippen LogP contribution in [0.5, 0.6) is 5.88 Å². The molecule has 1 unspecified atom stereocenters. The van der Waals surface area contributed by atoms with Gasteiger partial charge in [-0.15, -0.1) is 0 Å². The molecule has 234 valence electrons. The summed E-state index contributed by atoms with van der Waals surface area (Å²) in [5.74, 6) is -0.284. The van der Waals surface area contributed by atoms with Crippen LogP contribution in [-0.4, -0.2) is 86.6 Å². The molecule has 0 bridgehead atoms. The van der Waals surface area contributed by atoms with Gasteiger partial charge in [-0.05, 0) is 31.0 Å². The molecule has 1 aliphatic rings. The van der Waals surface area contributed by atoms with Crippen molar-refractivity contribution >= 4 is 31.3 Å². The molecule has 1 saturated heterocycles. The van der Waals surface area contributed by atoms with Crippen LogP contribution in [0.1, 0.15) is 39.3 Å². The summed E-state index contributed by atoms with van der Waals surface area (Å²) in [5.41, 5.74) is 5.06. The number of nitrogens with one attached hydrogen (secondary N) is 1. The van der Waals surface area contributed by atoms with Crippen LogP contribution in [0.15, 0.2) is 47.8 Å². The number of aliphatic hydroxyl groups is 2. The van der Waals surface area contributed by atoms with Gasteiger partial charge >= 0.3 is 13.7 Å². The predicted octanol–water partition coefficient (Wildman–Crippen LogP) is 1.88. The molecule has 43 heavy (non-hydrogen) atoms. The van der Waals surface area contributed by atoms with E-state index in [0.29, 0.717) is 11.2 Å². The van der Waals surface area contributed by atoms with Crippen LogP contribution in [0.2, 0.25) is 0 Å². The van der Waals surface area contributed by atoms with Gasteiger partial charge in [0.1, 0.15) is 36.2 Å². The summed E-state index contributed by atoms with van der Waals surface area (Å²) >= 11 is 0. The number of aliphatic hydroxyl groups excluding tert-OH is 2. The number of fused-ring (bicyclic) bond motifs is 1. The van der Waals surface area contributed by atoms with E-state index in [1.807, 2.05) is 13.8 Å². The summed E-state index contributed by atoms with van der Waals surface area (Å²) in [7, 11) is -2.85. The number of carbonyl (C=O) groups is 1. The number of aliphatic imine (C=N–C) groups is 1. The highest BCUT2D eigenvalue weighted by atomic mass is 31.2. The number of rotatable bonds is 14. The fraction of sp³-hybridized carbons (Fsp3) is 0.519. The monoisotopic (exact) mass is 619 g/mol. The Bertz CT molecular complexity index is 1450. The van der Waals surface area contributed by atoms with Crippen molar-refractivity contribution in [2.75, 3.05) is 26.0 Å². The number of ether oxygens (including phenoxy) is 2. The van der Waals surface area contributed by atoms with E-state index in [2.05, 4.69) is 25.1 Å². The number of hydrogen-bond acceptors (Lipinski definition) is 13. The molecule has 16 heteroatoms. The maximum Gasteiger partial charge on any atom is 0.460 e. The van der Waals surface area contributed by atoms with Crippen molar-refractivity contribution in [3.63, 3.8) is 0 Å². The van der Waals surface area contributed by atoms with Gasteiger partial charge in [0.2, 0.25) is 5.88 Å². The first kappa shape index (κ1) is 32.5. The molecule has 0 spiro atoms. The molecule has 0 aliphatic carbocycles. The number of carbonyl (C=O) groups excluding carboxylic acids is 1. The first-order valence-corrected chi connectivity index (χ1v) is 15.5. The van der Waals surface area contributed by atoms with E-state index in [9.17, 15) is 19.6 Å². The lowest BCUT2D eigenvalue weighted by Gasteiger charge is -2.28. The van der Waals surface area contributed by atoms with E-state index in [1.54, 1.807) is 24.3 Å². The zero-order valence-electron chi connectivity index (χ0n) is 24.4. The largest absolute Gasteiger partial charge is 0.464 e. The maximum absolute atomic E-state index is 14.0. The number of nitrogens with two attached hydrogens (primary N) is 1. The third-order valence-electron chi connectivity index (χ3n) is 7.27. The molecule has 1 fully saturated rings. The number of pyridine rings is 1. The molecular weight excluding hydrogens is 581 g/mol. The summed E-state index contributed by atoms with van der Waals surface area (Å²) in [6.45, 7) is 5.17. The SMILES string of the molecule is CCC(CC)COC(=O)[C@H](C)NP(=O)(OC[C@H]1O[C@@](C=NC)(c2ccc3c(N)ncnn23)[C@H](O)[C@@H]1O)Oc1ccccn1. The highest BCUT2D eigenvalue weighted by Gasteiger charge is 2.56. The van der Waals surface area contributed by atoms with Crippen molar-refractivity contribution in [2.24, 2.45) is 10.9 Å². The first-order valence-electron chi connectivity index (χ1n) is 13.9. The number of anilines is 1. The van der Waals surface area contributed by atoms with Crippen molar-refractivity contribution in [2.45, 2.75) is 63.6 Å². The molecule has 3 aromatic heterocycles. The Morgan fingerprint density at radius 1 is 1.28 bits per heavy atom. The van der Waals surface area contributed by atoms with Gasteiger partial charge in [0, 0.05) is 25.5 Å². The van der Waals surface area contributed by atoms with Gasteiger partial charge in [0.25, 0.3) is 0 Å². The molecule has 0 saturated carbocycles. The zero-order chi connectivity index (χ0) is 31.2. The fourth-order valence-corrected chi connectivity index (χ4v) is 6.19. The lowest BCUT2D eigenvalue weighted by atomic mass is 9.92. The number of nitrogens with zero attached hydrogens (tertiary/aromatic N) is 5. The zero-order valence-corrected chi connectivity index (χ0v) is 25.3. The quantitative estimate of drug-likeness (QED) is 0.116. The molecule has 5 N–H and O–H groups in total.